The lowest BCUT2D eigenvalue weighted by molar-refractivity contribution is -0.384. The number of carbonyl (C=O) groups excluding carboxylic acids is 2. The van der Waals surface area contributed by atoms with Gasteiger partial charge >= 0.3 is 5.97 Å². The number of methoxy groups -OCH3 is 1. The van der Waals surface area contributed by atoms with Gasteiger partial charge in [0.25, 0.3) is 11.6 Å². The van der Waals surface area contributed by atoms with E-state index >= 15 is 0 Å². The Balaban J connectivity index is 1.69. The molecule has 9 nitrogen and oxygen atoms in total. The van der Waals surface area contributed by atoms with Crippen LogP contribution >= 0.6 is 0 Å². The molecule has 2 aromatic rings. The predicted molar refractivity (Wildman–Crippen MR) is 119 cm³/mol. The largest absolute Gasteiger partial charge is 0.496 e. The molecule has 0 atom stereocenters. The van der Waals surface area contributed by atoms with Crippen molar-refractivity contribution in [2.75, 3.05) is 38.8 Å². The molecule has 1 heterocycles. The molecule has 170 valence electrons. The summed E-state index contributed by atoms with van der Waals surface area (Å²) in [6.45, 7) is 1.35. The normalized spacial score (nSPS) is 13.4. The van der Waals surface area contributed by atoms with Crippen LogP contribution in [0.2, 0.25) is 0 Å². The van der Waals surface area contributed by atoms with Gasteiger partial charge in [-0.2, -0.15) is 0 Å². The number of nitro benzene ring substituents is 1. The van der Waals surface area contributed by atoms with E-state index in [9.17, 15) is 19.7 Å². The highest BCUT2D eigenvalue weighted by molar-refractivity contribution is 5.97. The SMILES string of the molecule is COc1ccccc1CN(C)C(=O)COC(=O)c1cc([N+](=O)[O-])ccc1N1CCCCC1. The maximum atomic E-state index is 12.8. The van der Waals surface area contributed by atoms with E-state index in [-0.39, 0.29) is 17.8 Å². The minimum Gasteiger partial charge on any atom is -0.496 e. The summed E-state index contributed by atoms with van der Waals surface area (Å²) in [5.41, 5.74) is 1.32. The molecule has 1 aliphatic rings. The van der Waals surface area contributed by atoms with Crippen LogP contribution < -0.4 is 9.64 Å². The Hall–Kier alpha value is -3.62. The number of nitrogens with zero attached hydrogens (tertiary/aromatic N) is 3. The van der Waals surface area contributed by atoms with Gasteiger partial charge in [0.05, 0.1) is 23.3 Å². The van der Waals surface area contributed by atoms with Crippen molar-refractivity contribution in [3.8, 4) is 5.75 Å². The topological polar surface area (TPSA) is 102 Å². The highest BCUT2D eigenvalue weighted by Crippen LogP contribution is 2.28. The zero-order chi connectivity index (χ0) is 23.1. The summed E-state index contributed by atoms with van der Waals surface area (Å²) in [5.74, 6) is -0.491. The van der Waals surface area contributed by atoms with Gasteiger partial charge in [0.1, 0.15) is 5.75 Å². The monoisotopic (exact) mass is 441 g/mol. The van der Waals surface area contributed by atoms with E-state index in [2.05, 4.69) is 0 Å². The maximum Gasteiger partial charge on any atom is 0.341 e. The second kappa shape index (κ2) is 10.6. The molecule has 0 bridgehead atoms. The minimum absolute atomic E-state index is 0.0984. The van der Waals surface area contributed by atoms with Crippen molar-refractivity contribution in [1.82, 2.24) is 4.90 Å². The lowest BCUT2D eigenvalue weighted by atomic mass is 10.1. The summed E-state index contributed by atoms with van der Waals surface area (Å²) in [6, 6.07) is 11.5. The van der Waals surface area contributed by atoms with Crippen LogP contribution in [-0.4, -0.2) is 55.6 Å². The smallest absolute Gasteiger partial charge is 0.341 e. The molecule has 0 unspecified atom stereocenters. The Bertz CT molecular complexity index is 987. The number of piperidine rings is 1. The van der Waals surface area contributed by atoms with Crippen LogP contribution in [0.15, 0.2) is 42.5 Å². The number of likely N-dealkylation sites (N-methyl/N-ethyl adjacent to an activating group) is 1. The van der Waals surface area contributed by atoms with Gasteiger partial charge < -0.3 is 19.3 Å². The standard InChI is InChI=1S/C23H27N3O6/c1-24(15-17-8-4-5-9-21(17)31-2)22(27)16-32-23(28)19-14-18(26(29)30)10-11-20(19)25-12-6-3-7-13-25/h4-5,8-11,14H,3,6-7,12-13,15-16H2,1-2H3. The summed E-state index contributed by atoms with van der Waals surface area (Å²) >= 11 is 0. The van der Waals surface area contributed by atoms with E-state index < -0.39 is 23.4 Å². The number of hydrogen-bond donors (Lipinski definition) is 0. The second-order valence-electron chi connectivity index (χ2n) is 7.64. The van der Waals surface area contributed by atoms with Crippen LogP contribution in [-0.2, 0) is 16.1 Å². The fourth-order valence-electron chi connectivity index (χ4n) is 3.70. The molecule has 1 fully saturated rings. The second-order valence-corrected chi connectivity index (χ2v) is 7.64. The number of anilines is 1. The van der Waals surface area contributed by atoms with E-state index in [1.54, 1.807) is 26.3 Å². The third-order valence-corrected chi connectivity index (χ3v) is 5.46. The molecular weight excluding hydrogens is 414 g/mol. The number of esters is 1. The zero-order valence-electron chi connectivity index (χ0n) is 18.3. The molecule has 3 rings (SSSR count). The van der Waals surface area contributed by atoms with Crippen molar-refractivity contribution in [3.63, 3.8) is 0 Å². The molecule has 2 aromatic carbocycles. The number of nitro groups is 1. The van der Waals surface area contributed by atoms with Gasteiger partial charge in [0, 0.05) is 44.4 Å². The highest BCUT2D eigenvalue weighted by atomic mass is 16.6. The van der Waals surface area contributed by atoms with E-state index in [0.717, 1.165) is 37.9 Å². The Kier molecular flexibility index (Phi) is 7.64. The number of ether oxygens (including phenoxy) is 2. The lowest BCUT2D eigenvalue weighted by Gasteiger charge is -2.30. The third kappa shape index (κ3) is 5.54. The van der Waals surface area contributed by atoms with Crippen LogP contribution in [0.5, 0.6) is 5.75 Å². The van der Waals surface area contributed by atoms with Gasteiger partial charge in [-0.25, -0.2) is 4.79 Å². The molecule has 9 heteroatoms. The summed E-state index contributed by atoms with van der Waals surface area (Å²) in [6.07, 6.45) is 3.08. The molecular formula is C23H27N3O6. The molecule has 1 aliphatic heterocycles. The molecule has 0 aliphatic carbocycles. The first kappa shape index (κ1) is 23.1. The number of carbonyl (C=O) groups is 2. The summed E-state index contributed by atoms with van der Waals surface area (Å²) in [5, 5.41) is 11.2. The number of para-hydroxylation sites is 1. The molecule has 0 aromatic heterocycles. The minimum atomic E-state index is -0.756. The fourth-order valence-corrected chi connectivity index (χ4v) is 3.70. The van der Waals surface area contributed by atoms with Crippen molar-refractivity contribution in [2.45, 2.75) is 25.8 Å². The Labute approximate surface area is 186 Å². The van der Waals surface area contributed by atoms with E-state index in [4.69, 9.17) is 9.47 Å². The first-order chi connectivity index (χ1) is 15.4. The quantitative estimate of drug-likeness (QED) is 0.351. The van der Waals surface area contributed by atoms with E-state index in [1.807, 2.05) is 23.1 Å². The van der Waals surface area contributed by atoms with Gasteiger partial charge in [-0.1, -0.05) is 18.2 Å². The predicted octanol–water partition coefficient (Wildman–Crippen LogP) is 3.41. The summed E-state index contributed by atoms with van der Waals surface area (Å²) < 4.78 is 10.6. The average molecular weight is 441 g/mol. The van der Waals surface area contributed by atoms with Gasteiger partial charge in [-0.15, -0.1) is 0 Å². The molecule has 0 saturated carbocycles. The van der Waals surface area contributed by atoms with Crippen molar-refractivity contribution in [2.24, 2.45) is 0 Å². The van der Waals surface area contributed by atoms with Crippen LogP contribution in [0, 0.1) is 10.1 Å². The van der Waals surface area contributed by atoms with Gasteiger partial charge in [0.15, 0.2) is 6.61 Å². The average Bonchev–Trinajstić information content (AvgIpc) is 2.82. The molecule has 0 spiro atoms. The number of amides is 1. The maximum absolute atomic E-state index is 12.8. The highest BCUT2D eigenvalue weighted by Gasteiger charge is 2.24. The van der Waals surface area contributed by atoms with Crippen molar-refractivity contribution in [1.29, 1.82) is 0 Å². The number of rotatable bonds is 8. The van der Waals surface area contributed by atoms with Crippen LogP contribution in [0.4, 0.5) is 11.4 Å². The van der Waals surface area contributed by atoms with Crippen molar-refractivity contribution >= 4 is 23.3 Å². The molecule has 0 radical (unpaired) electrons. The Morgan fingerprint density at radius 2 is 1.84 bits per heavy atom. The zero-order valence-corrected chi connectivity index (χ0v) is 18.3. The number of hydrogen-bond acceptors (Lipinski definition) is 7. The van der Waals surface area contributed by atoms with Gasteiger partial charge in [-0.3, -0.25) is 14.9 Å². The molecule has 1 saturated heterocycles. The number of benzene rings is 2. The third-order valence-electron chi connectivity index (χ3n) is 5.46. The molecule has 32 heavy (non-hydrogen) atoms. The number of non-ortho nitro benzene ring substituents is 1. The fraction of sp³-hybridized carbons (Fsp3) is 0.391. The van der Waals surface area contributed by atoms with Crippen LogP contribution in [0.25, 0.3) is 0 Å². The Morgan fingerprint density at radius 3 is 2.53 bits per heavy atom. The Morgan fingerprint density at radius 1 is 1.12 bits per heavy atom. The summed E-state index contributed by atoms with van der Waals surface area (Å²) in [4.78, 5) is 39.5. The molecule has 0 N–H and O–H groups in total. The molecule has 1 amide bonds. The van der Waals surface area contributed by atoms with Gasteiger partial charge in [0.2, 0.25) is 0 Å². The lowest BCUT2D eigenvalue weighted by Crippen LogP contribution is -2.32. The van der Waals surface area contributed by atoms with E-state index in [1.165, 1.54) is 17.0 Å². The van der Waals surface area contributed by atoms with Crippen LogP contribution in [0.3, 0.4) is 0 Å². The first-order valence-electron chi connectivity index (χ1n) is 10.5. The first-order valence-corrected chi connectivity index (χ1v) is 10.5. The van der Waals surface area contributed by atoms with Crippen molar-refractivity contribution in [3.05, 3.63) is 63.7 Å². The van der Waals surface area contributed by atoms with Crippen molar-refractivity contribution < 1.29 is 24.0 Å². The van der Waals surface area contributed by atoms with E-state index in [0.29, 0.717) is 11.4 Å². The summed E-state index contributed by atoms with van der Waals surface area (Å²) in [7, 11) is 3.16. The van der Waals surface area contributed by atoms with Gasteiger partial charge in [-0.05, 0) is 31.4 Å². The van der Waals surface area contributed by atoms with Crippen LogP contribution in [0.1, 0.15) is 35.2 Å².